The number of amides is 1. The zero-order valence-corrected chi connectivity index (χ0v) is 16.4. The molecular weight excluding hydrogens is 373 g/mol. The van der Waals surface area contributed by atoms with Gasteiger partial charge in [0.05, 0.1) is 0 Å². The van der Waals surface area contributed by atoms with Crippen LogP contribution in [0.2, 0.25) is 10.0 Å². The summed E-state index contributed by atoms with van der Waals surface area (Å²) in [6, 6.07) is 5.15. The Morgan fingerprint density at radius 3 is 2.50 bits per heavy atom. The molecule has 2 unspecified atom stereocenters. The number of ether oxygens (including phenoxy) is 1. The van der Waals surface area contributed by atoms with Crippen molar-refractivity contribution in [2.75, 3.05) is 0 Å². The van der Waals surface area contributed by atoms with Crippen LogP contribution in [0.3, 0.4) is 0 Å². The molecule has 26 heavy (non-hydrogen) atoms. The Balaban J connectivity index is 1.86. The number of nitrogens with zero attached hydrogens (tertiary/aromatic N) is 1. The molecule has 1 aliphatic heterocycles. The summed E-state index contributed by atoms with van der Waals surface area (Å²) in [5, 5.41) is 0.973. The van der Waals surface area contributed by atoms with Gasteiger partial charge in [-0.25, -0.2) is 4.99 Å². The van der Waals surface area contributed by atoms with E-state index in [4.69, 9.17) is 27.9 Å². The zero-order chi connectivity index (χ0) is 18.7. The zero-order valence-electron chi connectivity index (χ0n) is 14.8. The normalized spacial score (nSPS) is 24.7. The van der Waals surface area contributed by atoms with Gasteiger partial charge in [0.1, 0.15) is 12.0 Å². The first-order valence-corrected chi connectivity index (χ1v) is 9.94. The summed E-state index contributed by atoms with van der Waals surface area (Å²) in [6.45, 7) is 1.72. The molecule has 0 N–H and O–H groups in total. The van der Waals surface area contributed by atoms with Gasteiger partial charge in [-0.2, -0.15) is 0 Å². The van der Waals surface area contributed by atoms with E-state index < -0.39 is 5.92 Å². The Hall–Kier alpha value is -1.39. The lowest BCUT2D eigenvalue weighted by Gasteiger charge is -2.30. The fraction of sp³-hybridized carbons (Fsp3) is 0.550. The number of esters is 1. The SMILES string of the molecule is CC1=NC(=O)CC(c2ccc(Cl)cc2Cl)C1C(=O)OC1CCCCCC1. The van der Waals surface area contributed by atoms with E-state index in [0.29, 0.717) is 15.8 Å². The van der Waals surface area contributed by atoms with Crippen molar-refractivity contribution < 1.29 is 14.3 Å². The van der Waals surface area contributed by atoms with Crippen molar-refractivity contribution >= 4 is 40.8 Å². The minimum atomic E-state index is -0.588. The van der Waals surface area contributed by atoms with Crippen LogP contribution in [0, 0.1) is 5.92 Å². The van der Waals surface area contributed by atoms with Gasteiger partial charge in [0, 0.05) is 28.1 Å². The highest BCUT2D eigenvalue weighted by atomic mass is 35.5. The van der Waals surface area contributed by atoms with Crippen LogP contribution in [0.15, 0.2) is 23.2 Å². The van der Waals surface area contributed by atoms with E-state index in [0.717, 1.165) is 31.2 Å². The Bertz CT molecular complexity index is 724. The fourth-order valence-corrected chi connectivity index (χ4v) is 4.48. The first kappa shape index (κ1) is 19.4. The number of benzene rings is 1. The van der Waals surface area contributed by atoms with Crippen molar-refractivity contribution in [2.24, 2.45) is 10.9 Å². The summed E-state index contributed by atoms with van der Waals surface area (Å²) in [4.78, 5) is 29.0. The molecule has 0 saturated heterocycles. The van der Waals surface area contributed by atoms with E-state index >= 15 is 0 Å². The first-order valence-electron chi connectivity index (χ1n) is 9.19. The van der Waals surface area contributed by atoms with Crippen molar-refractivity contribution in [1.82, 2.24) is 0 Å². The Morgan fingerprint density at radius 1 is 1.15 bits per heavy atom. The molecule has 0 aromatic heterocycles. The minimum Gasteiger partial charge on any atom is -0.462 e. The Morgan fingerprint density at radius 2 is 1.85 bits per heavy atom. The van der Waals surface area contributed by atoms with Gasteiger partial charge in [-0.3, -0.25) is 9.59 Å². The number of carbonyl (C=O) groups excluding carboxylic acids is 2. The van der Waals surface area contributed by atoms with Crippen molar-refractivity contribution in [3.8, 4) is 0 Å². The Kier molecular flexibility index (Phi) is 6.36. The number of carbonyl (C=O) groups is 2. The Labute approximate surface area is 163 Å². The molecule has 2 aliphatic rings. The fourth-order valence-electron chi connectivity index (χ4n) is 3.93. The third-order valence-electron chi connectivity index (χ3n) is 5.25. The number of rotatable bonds is 3. The van der Waals surface area contributed by atoms with E-state index in [1.165, 1.54) is 12.8 Å². The summed E-state index contributed by atoms with van der Waals surface area (Å²) in [7, 11) is 0. The van der Waals surface area contributed by atoms with Crippen LogP contribution in [0.5, 0.6) is 0 Å². The van der Waals surface area contributed by atoms with Gasteiger partial charge in [-0.15, -0.1) is 0 Å². The third-order valence-corrected chi connectivity index (χ3v) is 5.81. The lowest BCUT2D eigenvalue weighted by molar-refractivity contribution is -0.153. The molecule has 1 saturated carbocycles. The molecule has 2 atom stereocenters. The van der Waals surface area contributed by atoms with Crippen LogP contribution in [0.25, 0.3) is 0 Å². The lowest BCUT2D eigenvalue weighted by Crippen LogP contribution is -2.37. The van der Waals surface area contributed by atoms with Crippen LogP contribution in [-0.2, 0) is 14.3 Å². The number of aliphatic imine (C=N–C) groups is 1. The molecule has 3 rings (SSSR count). The van der Waals surface area contributed by atoms with Crippen molar-refractivity contribution in [2.45, 2.75) is 63.9 Å². The molecule has 140 valence electrons. The molecule has 6 heteroatoms. The van der Waals surface area contributed by atoms with Gasteiger partial charge in [-0.1, -0.05) is 42.1 Å². The standard InChI is InChI=1S/C20H23Cl2NO3/c1-12-19(20(25)26-14-6-4-2-3-5-7-14)16(11-18(24)23-12)15-9-8-13(21)10-17(15)22/h8-10,14,16,19H,2-7,11H2,1H3. The van der Waals surface area contributed by atoms with Gasteiger partial charge in [0.15, 0.2) is 0 Å². The van der Waals surface area contributed by atoms with Gasteiger partial charge >= 0.3 is 5.97 Å². The highest BCUT2D eigenvalue weighted by molar-refractivity contribution is 6.35. The van der Waals surface area contributed by atoms with Crippen LogP contribution in [-0.4, -0.2) is 23.7 Å². The number of hydrogen-bond donors (Lipinski definition) is 0. The van der Waals surface area contributed by atoms with Crippen LogP contribution < -0.4 is 0 Å². The highest BCUT2D eigenvalue weighted by Crippen LogP contribution is 2.39. The van der Waals surface area contributed by atoms with Gasteiger partial charge in [-0.05, 0) is 50.3 Å². The van der Waals surface area contributed by atoms with E-state index in [1.807, 2.05) is 0 Å². The molecule has 1 fully saturated rings. The minimum absolute atomic E-state index is 0.0447. The largest absolute Gasteiger partial charge is 0.462 e. The van der Waals surface area contributed by atoms with Crippen molar-refractivity contribution in [1.29, 1.82) is 0 Å². The second-order valence-corrected chi connectivity index (χ2v) is 8.00. The molecule has 1 aromatic carbocycles. The van der Waals surface area contributed by atoms with Gasteiger partial charge < -0.3 is 4.74 Å². The summed E-state index contributed by atoms with van der Waals surface area (Å²) >= 11 is 12.3. The maximum Gasteiger partial charge on any atom is 0.315 e. The maximum absolute atomic E-state index is 13.0. The second-order valence-electron chi connectivity index (χ2n) is 7.15. The molecule has 1 heterocycles. The van der Waals surface area contributed by atoms with E-state index in [2.05, 4.69) is 4.99 Å². The quantitative estimate of drug-likeness (QED) is 0.511. The van der Waals surface area contributed by atoms with E-state index in [-0.39, 0.29) is 30.3 Å². The monoisotopic (exact) mass is 395 g/mol. The number of hydrogen-bond acceptors (Lipinski definition) is 3. The molecule has 0 bridgehead atoms. The second kappa shape index (κ2) is 8.53. The average molecular weight is 396 g/mol. The predicted molar refractivity (Wildman–Crippen MR) is 103 cm³/mol. The first-order chi connectivity index (χ1) is 12.5. The molecular formula is C20H23Cl2NO3. The van der Waals surface area contributed by atoms with Gasteiger partial charge in [0.25, 0.3) is 0 Å². The van der Waals surface area contributed by atoms with Gasteiger partial charge in [0.2, 0.25) is 5.91 Å². The summed E-state index contributed by atoms with van der Waals surface area (Å²) in [5.41, 5.74) is 1.23. The van der Waals surface area contributed by atoms with Crippen molar-refractivity contribution in [3.05, 3.63) is 33.8 Å². The van der Waals surface area contributed by atoms with Crippen LogP contribution in [0.4, 0.5) is 0 Å². The molecule has 0 spiro atoms. The summed E-state index contributed by atoms with van der Waals surface area (Å²) in [6.07, 6.45) is 6.45. The van der Waals surface area contributed by atoms with Crippen LogP contribution in [0.1, 0.15) is 63.4 Å². The lowest BCUT2D eigenvalue weighted by atomic mass is 9.79. The molecule has 1 aromatic rings. The van der Waals surface area contributed by atoms with E-state index in [1.54, 1.807) is 25.1 Å². The van der Waals surface area contributed by atoms with E-state index in [9.17, 15) is 9.59 Å². The molecule has 1 aliphatic carbocycles. The topological polar surface area (TPSA) is 55.7 Å². The average Bonchev–Trinajstić information content (AvgIpc) is 2.82. The maximum atomic E-state index is 13.0. The third kappa shape index (κ3) is 4.47. The molecule has 1 amide bonds. The predicted octanol–water partition coefficient (Wildman–Crippen LogP) is 5.35. The molecule has 4 nitrogen and oxygen atoms in total. The number of halogens is 2. The van der Waals surface area contributed by atoms with Crippen LogP contribution >= 0.6 is 23.2 Å². The summed E-state index contributed by atoms with van der Waals surface area (Å²) < 4.78 is 5.83. The highest BCUT2D eigenvalue weighted by Gasteiger charge is 2.40. The summed E-state index contributed by atoms with van der Waals surface area (Å²) in [5.74, 6) is -1.50. The smallest absolute Gasteiger partial charge is 0.315 e. The van der Waals surface area contributed by atoms with Crippen molar-refractivity contribution in [3.63, 3.8) is 0 Å². The molecule has 0 radical (unpaired) electrons.